The average Bonchev–Trinajstić information content (AvgIpc) is 3.37. The second kappa shape index (κ2) is 11.1. The van der Waals surface area contributed by atoms with Gasteiger partial charge in [0, 0.05) is 11.3 Å². The molecule has 14 heteroatoms. The number of nitrogen functional groups attached to an aromatic ring is 1. The van der Waals surface area contributed by atoms with Crippen molar-refractivity contribution in [2.24, 2.45) is 7.05 Å². The molecule has 0 radical (unpaired) electrons. The standard InChI is InChI=1S/C28H26F3N9O2/c1-14-9-16(10-20(33-14)24(30)31)22-23(15-5-7-18(29)8-6-15)35-27(32)36-26(22)42-13-19-11-17(28(2,3)41)12-21(34-19)25-37-39-40(4)38-25/h5-12,24,41H,13H2,1-4H3,(H2,32,35,36). The van der Waals surface area contributed by atoms with Crippen molar-refractivity contribution in [1.82, 2.24) is 40.1 Å². The minimum Gasteiger partial charge on any atom is -0.471 e. The van der Waals surface area contributed by atoms with E-state index in [1.807, 2.05) is 0 Å². The van der Waals surface area contributed by atoms with E-state index in [0.717, 1.165) is 0 Å². The number of rotatable bonds is 8. The van der Waals surface area contributed by atoms with Crippen molar-refractivity contribution < 1.29 is 23.0 Å². The number of anilines is 1. The summed E-state index contributed by atoms with van der Waals surface area (Å²) in [7, 11) is 1.61. The molecule has 0 saturated carbocycles. The minimum atomic E-state index is -2.83. The maximum atomic E-state index is 13.7. The van der Waals surface area contributed by atoms with Crippen LogP contribution in [-0.4, -0.2) is 45.2 Å². The third kappa shape index (κ3) is 6.17. The molecule has 0 aliphatic rings. The van der Waals surface area contributed by atoms with Gasteiger partial charge >= 0.3 is 0 Å². The number of hydrogen-bond donors (Lipinski definition) is 2. The Hall–Kier alpha value is -4.98. The van der Waals surface area contributed by atoms with Gasteiger partial charge in [0.15, 0.2) is 0 Å². The van der Waals surface area contributed by atoms with Crippen molar-refractivity contribution in [3.05, 3.63) is 77.0 Å². The number of halogens is 3. The number of aromatic nitrogens is 8. The highest BCUT2D eigenvalue weighted by Gasteiger charge is 2.23. The fourth-order valence-electron chi connectivity index (χ4n) is 4.25. The maximum Gasteiger partial charge on any atom is 0.280 e. The molecule has 3 N–H and O–H groups in total. The van der Waals surface area contributed by atoms with Crippen LogP contribution in [0.1, 0.15) is 42.9 Å². The molecule has 4 heterocycles. The van der Waals surface area contributed by atoms with E-state index in [2.05, 4.69) is 35.3 Å². The van der Waals surface area contributed by atoms with Gasteiger partial charge in [-0.15, -0.1) is 10.2 Å². The Morgan fingerprint density at radius 3 is 2.38 bits per heavy atom. The molecule has 4 aromatic heterocycles. The molecule has 0 saturated heterocycles. The average molecular weight is 578 g/mol. The van der Waals surface area contributed by atoms with Crippen LogP contribution in [0.3, 0.4) is 0 Å². The largest absolute Gasteiger partial charge is 0.471 e. The van der Waals surface area contributed by atoms with Gasteiger partial charge in [0.05, 0.1) is 29.6 Å². The van der Waals surface area contributed by atoms with Crippen LogP contribution in [0.25, 0.3) is 33.9 Å². The number of aliphatic hydroxyl groups is 1. The zero-order valence-corrected chi connectivity index (χ0v) is 23.0. The van der Waals surface area contributed by atoms with Gasteiger partial charge < -0.3 is 15.6 Å². The molecule has 0 aliphatic carbocycles. The second-order valence-electron chi connectivity index (χ2n) is 10.0. The first-order valence-corrected chi connectivity index (χ1v) is 12.7. The Balaban J connectivity index is 1.64. The van der Waals surface area contributed by atoms with E-state index in [4.69, 9.17) is 10.5 Å². The summed E-state index contributed by atoms with van der Waals surface area (Å²) in [5, 5.41) is 22.8. The van der Waals surface area contributed by atoms with Gasteiger partial charge in [-0.2, -0.15) is 9.78 Å². The topological polar surface area (TPSA) is 151 Å². The third-order valence-corrected chi connectivity index (χ3v) is 6.18. The van der Waals surface area contributed by atoms with Crippen LogP contribution in [0, 0.1) is 12.7 Å². The Bertz CT molecular complexity index is 1750. The van der Waals surface area contributed by atoms with Crippen LogP contribution in [0.2, 0.25) is 0 Å². The summed E-state index contributed by atoms with van der Waals surface area (Å²) in [6.07, 6.45) is -2.83. The Morgan fingerprint density at radius 1 is 1.00 bits per heavy atom. The predicted molar refractivity (Wildman–Crippen MR) is 146 cm³/mol. The van der Waals surface area contributed by atoms with Crippen LogP contribution in [0.5, 0.6) is 5.88 Å². The molecule has 216 valence electrons. The summed E-state index contributed by atoms with van der Waals surface area (Å²) in [6, 6.07) is 11.6. The summed E-state index contributed by atoms with van der Waals surface area (Å²) in [5.74, 6) is -0.412. The SMILES string of the molecule is Cc1cc(-c2c(OCc3cc(C(C)(C)O)cc(-c4nnn(C)n4)n3)nc(N)nc2-c2ccc(F)cc2)cc(C(F)F)n1. The number of hydrogen-bond acceptors (Lipinski definition) is 10. The molecule has 1 aromatic carbocycles. The first kappa shape index (κ1) is 28.5. The number of benzene rings is 1. The molecular formula is C28H26F3N9O2. The fourth-order valence-corrected chi connectivity index (χ4v) is 4.25. The number of nitrogens with two attached hydrogens (primary N) is 1. The van der Waals surface area contributed by atoms with Gasteiger partial charge in [0.25, 0.3) is 6.43 Å². The highest BCUT2D eigenvalue weighted by atomic mass is 19.3. The van der Waals surface area contributed by atoms with E-state index in [-0.39, 0.29) is 35.5 Å². The highest BCUT2D eigenvalue weighted by Crippen LogP contribution is 2.39. The zero-order valence-electron chi connectivity index (χ0n) is 23.0. The Labute approximate surface area is 238 Å². The van der Waals surface area contributed by atoms with E-state index < -0.39 is 23.5 Å². The lowest BCUT2D eigenvalue weighted by molar-refractivity contribution is 0.0783. The van der Waals surface area contributed by atoms with E-state index in [1.54, 1.807) is 46.0 Å². The van der Waals surface area contributed by atoms with Gasteiger partial charge in [-0.05, 0) is 85.6 Å². The maximum absolute atomic E-state index is 13.7. The molecule has 0 amide bonds. The third-order valence-electron chi connectivity index (χ3n) is 6.18. The molecule has 0 fully saturated rings. The molecule has 11 nitrogen and oxygen atoms in total. The lowest BCUT2D eigenvalue weighted by atomic mass is 9.97. The van der Waals surface area contributed by atoms with E-state index in [1.165, 1.54) is 35.1 Å². The molecule has 0 bridgehead atoms. The van der Waals surface area contributed by atoms with Crippen LogP contribution >= 0.6 is 0 Å². The van der Waals surface area contributed by atoms with Crippen molar-refractivity contribution >= 4 is 5.95 Å². The van der Waals surface area contributed by atoms with E-state index in [0.29, 0.717) is 33.8 Å². The number of alkyl halides is 2. The lowest BCUT2D eigenvalue weighted by Crippen LogP contribution is -2.17. The van der Waals surface area contributed by atoms with Gasteiger partial charge in [-0.3, -0.25) is 4.98 Å². The van der Waals surface area contributed by atoms with Crippen molar-refractivity contribution in [3.8, 4) is 39.8 Å². The summed E-state index contributed by atoms with van der Waals surface area (Å²) in [4.78, 5) is 18.4. The molecular weight excluding hydrogens is 551 g/mol. The van der Waals surface area contributed by atoms with Crippen LogP contribution in [-0.2, 0) is 19.3 Å². The minimum absolute atomic E-state index is 0.0257. The normalized spacial score (nSPS) is 11.7. The lowest BCUT2D eigenvalue weighted by Gasteiger charge is -2.20. The van der Waals surface area contributed by atoms with E-state index >= 15 is 0 Å². The molecule has 0 spiro atoms. The highest BCUT2D eigenvalue weighted by molar-refractivity contribution is 5.85. The number of ether oxygens (including phenoxy) is 1. The molecule has 5 rings (SSSR count). The number of tetrazole rings is 1. The van der Waals surface area contributed by atoms with Gasteiger partial charge in [-0.1, -0.05) is 0 Å². The van der Waals surface area contributed by atoms with Crippen LogP contribution < -0.4 is 10.5 Å². The van der Waals surface area contributed by atoms with Gasteiger partial charge in [0.2, 0.25) is 17.7 Å². The summed E-state index contributed by atoms with van der Waals surface area (Å²) in [6.45, 7) is 4.64. The first-order chi connectivity index (χ1) is 19.9. The number of aryl methyl sites for hydroxylation is 2. The first-order valence-electron chi connectivity index (χ1n) is 12.7. The van der Waals surface area contributed by atoms with Gasteiger partial charge in [0.1, 0.15) is 23.8 Å². The van der Waals surface area contributed by atoms with Crippen LogP contribution in [0.15, 0.2) is 48.5 Å². The molecule has 5 aromatic rings. The van der Waals surface area contributed by atoms with Crippen LogP contribution in [0.4, 0.5) is 19.1 Å². The Morgan fingerprint density at radius 2 is 1.74 bits per heavy atom. The quantitative estimate of drug-likeness (QED) is 0.268. The summed E-state index contributed by atoms with van der Waals surface area (Å²) < 4.78 is 47.3. The molecule has 42 heavy (non-hydrogen) atoms. The number of nitrogens with zero attached hydrogens (tertiary/aromatic N) is 8. The molecule has 0 atom stereocenters. The van der Waals surface area contributed by atoms with Gasteiger partial charge in [-0.25, -0.2) is 23.1 Å². The second-order valence-corrected chi connectivity index (χ2v) is 10.0. The summed E-state index contributed by atoms with van der Waals surface area (Å²) in [5.41, 5.74) is 7.18. The summed E-state index contributed by atoms with van der Waals surface area (Å²) >= 11 is 0. The van der Waals surface area contributed by atoms with Crippen molar-refractivity contribution in [2.75, 3.05) is 5.73 Å². The smallest absolute Gasteiger partial charge is 0.280 e. The monoisotopic (exact) mass is 577 g/mol. The zero-order chi connectivity index (χ0) is 30.2. The molecule has 0 aliphatic heterocycles. The molecule has 0 unspecified atom stereocenters. The van der Waals surface area contributed by atoms with Crippen molar-refractivity contribution in [1.29, 1.82) is 0 Å². The van der Waals surface area contributed by atoms with Crippen molar-refractivity contribution in [2.45, 2.75) is 39.4 Å². The Kier molecular flexibility index (Phi) is 7.56. The van der Waals surface area contributed by atoms with E-state index in [9.17, 15) is 18.3 Å². The predicted octanol–water partition coefficient (Wildman–Crippen LogP) is 4.56. The van der Waals surface area contributed by atoms with Crippen molar-refractivity contribution in [3.63, 3.8) is 0 Å². The number of pyridine rings is 2. The fraction of sp³-hybridized carbons (Fsp3) is 0.250.